The molecule has 9 heteroatoms. The molecule has 1 aromatic rings. The van der Waals surface area contributed by atoms with Crippen molar-refractivity contribution in [2.75, 3.05) is 56.4 Å². The molecule has 2 amide bonds. The van der Waals surface area contributed by atoms with Gasteiger partial charge in [-0.25, -0.2) is 0 Å². The summed E-state index contributed by atoms with van der Waals surface area (Å²) in [5.41, 5.74) is 7.97. The van der Waals surface area contributed by atoms with Crippen LogP contribution in [0.15, 0.2) is 24.3 Å². The number of anilines is 2. The summed E-state index contributed by atoms with van der Waals surface area (Å²) in [6.07, 6.45) is 1.20. The lowest BCUT2D eigenvalue weighted by Crippen LogP contribution is -2.51. The van der Waals surface area contributed by atoms with E-state index < -0.39 is 24.0 Å². The summed E-state index contributed by atoms with van der Waals surface area (Å²) in [6.45, 7) is 5.11. The standard InChI is InChI=1S/C24H37N5O4/c25-18-3-1-2-4-19(18)28-12-5-17(6-13-28)15-27-22(32)20(30)21(31)23(33)29-14-9-24(16-29)7-10-26-11-8-24/h1-4,17,20-21,26,30-31H,5-16,25H2,(H,27,32)/t20-,21-/m1/s1. The predicted octanol–water partition coefficient (Wildman–Crippen LogP) is -0.0747. The number of para-hydroxylation sites is 2. The number of carbonyl (C=O) groups excluding carboxylic acids is 2. The number of likely N-dealkylation sites (tertiary alicyclic amines) is 1. The van der Waals surface area contributed by atoms with E-state index in [4.69, 9.17) is 5.73 Å². The molecule has 0 bridgehead atoms. The van der Waals surface area contributed by atoms with Crippen LogP contribution in [0.25, 0.3) is 0 Å². The molecule has 33 heavy (non-hydrogen) atoms. The highest BCUT2D eigenvalue weighted by molar-refractivity contribution is 5.90. The Morgan fingerprint density at radius 2 is 1.79 bits per heavy atom. The van der Waals surface area contributed by atoms with Gasteiger partial charge in [0.15, 0.2) is 12.2 Å². The summed E-state index contributed by atoms with van der Waals surface area (Å²) in [7, 11) is 0. The summed E-state index contributed by atoms with van der Waals surface area (Å²) in [4.78, 5) is 29.0. The topological polar surface area (TPSA) is 131 Å². The number of aliphatic hydroxyl groups excluding tert-OH is 2. The van der Waals surface area contributed by atoms with Crippen LogP contribution in [0.1, 0.15) is 32.1 Å². The van der Waals surface area contributed by atoms with Crippen molar-refractivity contribution < 1.29 is 19.8 Å². The average Bonchev–Trinajstić information content (AvgIpc) is 3.25. The number of piperidine rings is 2. The van der Waals surface area contributed by atoms with Gasteiger partial charge in [-0.1, -0.05) is 12.1 Å². The van der Waals surface area contributed by atoms with Crippen LogP contribution in [0.5, 0.6) is 0 Å². The molecule has 0 saturated carbocycles. The fourth-order valence-electron chi connectivity index (χ4n) is 5.46. The quantitative estimate of drug-likeness (QED) is 0.376. The molecule has 0 unspecified atom stereocenters. The summed E-state index contributed by atoms with van der Waals surface area (Å²) < 4.78 is 0. The van der Waals surface area contributed by atoms with Gasteiger partial charge in [-0.2, -0.15) is 0 Å². The second-order valence-corrected chi connectivity index (χ2v) is 9.88. The molecule has 182 valence electrons. The van der Waals surface area contributed by atoms with Gasteiger partial charge in [0.05, 0.1) is 11.4 Å². The zero-order valence-electron chi connectivity index (χ0n) is 19.2. The van der Waals surface area contributed by atoms with Crippen LogP contribution >= 0.6 is 0 Å². The number of rotatable bonds is 6. The molecule has 1 aromatic carbocycles. The molecule has 0 radical (unpaired) electrons. The highest BCUT2D eigenvalue weighted by Crippen LogP contribution is 2.38. The van der Waals surface area contributed by atoms with E-state index in [9.17, 15) is 19.8 Å². The van der Waals surface area contributed by atoms with Crippen molar-refractivity contribution in [3.05, 3.63) is 24.3 Å². The van der Waals surface area contributed by atoms with E-state index in [1.165, 1.54) is 0 Å². The largest absolute Gasteiger partial charge is 0.397 e. The first kappa shape index (κ1) is 23.8. The molecule has 4 rings (SSSR count). The van der Waals surface area contributed by atoms with E-state index >= 15 is 0 Å². The monoisotopic (exact) mass is 459 g/mol. The van der Waals surface area contributed by atoms with Gasteiger partial charge >= 0.3 is 0 Å². The zero-order chi connectivity index (χ0) is 23.4. The SMILES string of the molecule is Nc1ccccc1N1CCC(CNC(=O)[C@H](O)[C@@H](O)C(=O)N2CCC3(CCNCC3)C2)CC1. The van der Waals surface area contributed by atoms with Gasteiger partial charge in [0.25, 0.3) is 11.8 Å². The second kappa shape index (κ2) is 10.3. The fraction of sp³-hybridized carbons (Fsp3) is 0.667. The van der Waals surface area contributed by atoms with Crippen molar-refractivity contribution in [3.63, 3.8) is 0 Å². The van der Waals surface area contributed by atoms with Crippen molar-refractivity contribution >= 4 is 23.2 Å². The van der Waals surface area contributed by atoms with E-state index in [-0.39, 0.29) is 11.3 Å². The first-order chi connectivity index (χ1) is 15.9. The van der Waals surface area contributed by atoms with E-state index in [2.05, 4.69) is 15.5 Å². The third-order valence-corrected chi connectivity index (χ3v) is 7.69. The molecule has 0 aliphatic carbocycles. The molecule has 3 heterocycles. The van der Waals surface area contributed by atoms with Crippen molar-refractivity contribution in [3.8, 4) is 0 Å². The van der Waals surface area contributed by atoms with Gasteiger partial charge in [0.2, 0.25) is 0 Å². The van der Waals surface area contributed by atoms with E-state index in [0.29, 0.717) is 19.6 Å². The lowest BCUT2D eigenvalue weighted by atomic mass is 9.78. The number of hydrogen-bond acceptors (Lipinski definition) is 7. The molecule has 6 N–H and O–H groups in total. The van der Waals surface area contributed by atoms with Crippen LogP contribution in [0.3, 0.4) is 0 Å². The summed E-state index contributed by atoms with van der Waals surface area (Å²) in [5, 5.41) is 26.8. The first-order valence-electron chi connectivity index (χ1n) is 12.1. The molecule has 3 fully saturated rings. The van der Waals surface area contributed by atoms with Crippen LogP contribution in [-0.2, 0) is 9.59 Å². The summed E-state index contributed by atoms with van der Waals surface area (Å²) in [6, 6.07) is 7.80. The normalized spacial score (nSPS) is 22.8. The minimum Gasteiger partial charge on any atom is -0.397 e. The number of nitrogens with one attached hydrogen (secondary N) is 2. The Bertz CT molecular complexity index is 836. The van der Waals surface area contributed by atoms with Crippen LogP contribution in [0.2, 0.25) is 0 Å². The van der Waals surface area contributed by atoms with Crippen LogP contribution in [0.4, 0.5) is 11.4 Å². The van der Waals surface area contributed by atoms with Gasteiger partial charge in [-0.15, -0.1) is 0 Å². The minimum atomic E-state index is -1.76. The summed E-state index contributed by atoms with van der Waals surface area (Å²) in [5.74, 6) is -0.975. The molecule has 3 aliphatic heterocycles. The van der Waals surface area contributed by atoms with E-state index in [0.717, 1.165) is 69.7 Å². The van der Waals surface area contributed by atoms with Crippen molar-refractivity contribution in [1.82, 2.24) is 15.5 Å². The van der Waals surface area contributed by atoms with Gasteiger partial charge in [0.1, 0.15) is 0 Å². The Hall–Kier alpha value is -2.36. The second-order valence-electron chi connectivity index (χ2n) is 9.88. The van der Waals surface area contributed by atoms with Crippen molar-refractivity contribution in [2.45, 2.75) is 44.3 Å². The van der Waals surface area contributed by atoms with Crippen molar-refractivity contribution in [2.24, 2.45) is 11.3 Å². The number of hydrogen-bond donors (Lipinski definition) is 5. The molecule has 3 saturated heterocycles. The van der Waals surface area contributed by atoms with Crippen molar-refractivity contribution in [1.29, 1.82) is 0 Å². The first-order valence-corrected chi connectivity index (χ1v) is 12.1. The van der Waals surface area contributed by atoms with Crippen LogP contribution in [0, 0.1) is 11.3 Å². The lowest BCUT2D eigenvalue weighted by molar-refractivity contribution is -0.152. The molecular formula is C24H37N5O4. The van der Waals surface area contributed by atoms with Gasteiger partial charge in [-0.3, -0.25) is 9.59 Å². The number of amides is 2. The van der Waals surface area contributed by atoms with E-state index in [1.54, 1.807) is 4.90 Å². The number of aliphatic hydroxyl groups is 2. The van der Waals surface area contributed by atoms with Crippen LogP contribution < -0.4 is 21.3 Å². The Kier molecular flexibility index (Phi) is 7.41. The number of carbonyl (C=O) groups is 2. The molecular weight excluding hydrogens is 422 g/mol. The third kappa shape index (κ3) is 5.42. The van der Waals surface area contributed by atoms with Gasteiger partial charge in [-0.05, 0) is 68.7 Å². The molecule has 2 atom stereocenters. The Labute approximate surface area is 195 Å². The highest BCUT2D eigenvalue weighted by Gasteiger charge is 2.43. The summed E-state index contributed by atoms with van der Waals surface area (Å²) >= 11 is 0. The van der Waals surface area contributed by atoms with Gasteiger partial charge in [0, 0.05) is 32.7 Å². The molecule has 9 nitrogen and oxygen atoms in total. The zero-order valence-corrected chi connectivity index (χ0v) is 19.2. The molecule has 1 spiro atoms. The number of benzene rings is 1. The maximum Gasteiger partial charge on any atom is 0.254 e. The number of nitrogens with zero attached hydrogens (tertiary/aromatic N) is 2. The maximum atomic E-state index is 12.7. The Balaban J connectivity index is 1.21. The van der Waals surface area contributed by atoms with Crippen LogP contribution in [-0.4, -0.2) is 84.9 Å². The number of nitrogen functional groups attached to an aromatic ring is 1. The smallest absolute Gasteiger partial charge is 0.254 e. The van der Waals surface area contributed by atoms with E-state index in [1.807, 2.05) is 24.3 Å². The Morgan fingerprint density at radius 3 is 2.48 bits per heavy atom. The predicted molar refractivity (Wildman–Crippen MR) is 127 cm³/mol. The third-order valence-electron chi connectivity index (χ3n) is 7.69. The fourth-order valence-corrected chi connectivity index (χ4v) is 5.46. The van der Waals surface area contributed by atoms with Gasteiger partial charge < -0.3 is 36.4 Å². The minimum absolute atomic E-state index is 0.104. The maximum absolute atomic E-state index is 12.7. The molecule has 0 aromatic heterocycles. The average molecular weight is 460 g/mol. The highest BCUT2D eigenvalue weighted by atomic mass is 16.3. The lowest BCUT2D eigenvalue weighted by Gasteiger charge is -2.34. The Morgan fingerprint density at radius 1 is 1.09 bits per heavy atom. The molecule has 3 aliphatic rings. The number of nitrogens with two attached hydrogens (primary N) is 1.